The number of rotatable bonds is 2. The van der Waals surface area contributed by atoms with Crippen molar-refractivity contribution in [1.82, 2.24) is 19.7 Å². The second-order valence-electron chi connectivity index (χ2n) is 4.86. The molecule has 1 fully saturated rings. The van der Waals surface area contributed by atoms with E-state index in [1.807, 2.05) is 14.0 Å². The minimum absolute atomic E-state index is 0.0160. The minimum Gasteiger partial charge on any atom is -0.394 e. The fourth-order valence-corrected chi connectivity index (χ4v) is 2.52. The highest BCUT2D eigenvalue weighted by Crippen LogP contribution is 2.25. The molecule has 2 aromatic rings. The summed E-state index contributed by atoms with van der Waals surface area (Å²) in [5.74, 6) is 0.853. The second kappa shape index (κ2) is 4.75. The van der Waals surface area contributed by atoms with E-state index >= 15 is 0 Å². The number of hydrogen-bond donors (Lipinski definition) is 1. The van der Waals surface area contributed by atoms with Crippen molar-refractivity contribution < 1.29 is 9.84 Å². The molecule has 2 atom stereocenters. The van der Waals surface area contributed by atoms with E-state index in [1.165, 1.54) is 0 Å². The van der Waals surface area contributed by atoms with E-state index < -0.39 is 0 Å². The van der Waals surface area contributed by atoms with Gasteiger partial charge in [0.1, 0.15) is 12.1 Å². The lowest BCUT2D eigenvalue weighted by Crippen LogP contribution is -2.48. The molecule has 1 saturated heterocycles. The number of hydrogen-bond acceptors (Lipinski definition) is 6. The molecule has 3 heterocycles. The molecule has 1 aliphatic rings. The highest BCUT2D eigenvalue weighted by atomic mass is 16.5. The fraction of sp³-hybridized carbons (Fsp3) is 0.583. The predicted octanol–water partition coefficient (Wildman–Crippen LogP) is -0.0507. The maximum atomic E-state index is 9.29. The first-order chi connectivity index (χ1) is 9.19. The van der Waals surface area contributed by atoms with Crippen LogP contribution in [0.5, 0.6) is 0 Å². The molecule has 0 saturated carbocycles. The van der Waals surface area contributed by atoms with Crippen molar-refractivity contribution in [1.29, 1.82) is 0 Å². The smallest absolute Gasteiger partial charge is 0.163 e. The van der Waals surface area contributed by atoms with Gasteiger partial charge in [-0.3, -0.25) is 4.68 Å². The Labute approximate surface area is 110 Å². The van der Waals surface area contributed by atoms with E-state index in [4.69, 9.17) is 4.74 Å². The second-order valence-corrected chi connectivity index (χ2v) is 4.86. The molecule has 19 heavy (non-hydrogen) atoms. The monoisotopic (exact) mass is 263 g/mol. The molecule has 7 heteroatoms. The zero-order valence-corrected chi connectivity index (χ0v) is 11.0. The normalized spacial score (nSPS) is 24.1. The SMILES string of the molecule is CC1CN(c2ncnc3c2cnn3C)CC(CO)O1. The molecule has 1 N–H and O–H groups in total. The number of aliphatic hydroxyl groups is 1. The summed E-state index contributed by atoms with van der Waals surface area (Å²) in [5, 5.41) is 14.4. The third-order valence-corrected chi connectivity index (χ3v) is 3.34. The van der Waals surface area contributed by atoms with E-state index in [0.29, 0.717) is 6.54 Å². The van der Waals surface area contributed by atoms with Crippen LogP contribution in [0.2, 0.25) is 0 Å². The Hall–Kier alpha value is -1.73. The zero-order valence-electron chi connectivity index (χ0n) is 11.0. The molecular formula is C12H17N5O2. The van der Waals surface area contributed by atoms with Crippen LogP contribution in [0.1, 0.15) is 6.92 Å². The van der Waals surface area contributed by atoms with Gasteiger partial charge in [0, 0.05) is 20.1 Å². The van der Waals surface area contributed by atoms with E-state index in [9.17, 15) is 5.11 Å². The zero-order chi connectivity index (χ0) is 13.4. The van der Waals surface area contributed by atoms with Crippen LogP contribution in [0, 0.1) is 0 Å². The van der Waals surface area contributed by atoms with Crippen LogP contribution in [0.25, 0.3) is 11.0 Å². The summed E-state index contributed by atoms with van der Waals surface area (Å²) in [6, 6.07) is 0. The number of ether oxygens (including phenoxy) is 1. The Morgan fingerprint density at radius 1 is 1.42 bits per heavy atom. The Morgan fingerprint density at radius 2 is 2.26 bits per heavy atom. The van der Waals surface area contributed by atoms with E-state index in [1.54, 1.807) is 17.2 Å². The summed E-state index contributed by atoms with van der Waals surface area (Å²) in [7, 11) is 1.86. The molecule has 0 radical (unpaired) electrons. The van der Waals surface area contributed by atoms with E-state index in [0.717, 1.165) is 23.4 Å². The highest BCUT2D eigenvalue weighted by molar-refractivity contribution is 5.86. The molecule has 1 aliphatic heterocycles. The maximum absolute atomic E-state index is 9.29. The molecule has 0 aliphatic carbocycles. The average Bonchev–Trinajstić information content (AvgIpc) is 2.80. The van der Waals surface area contributed by atoms with Crippen molar-refractivity contribution in [3.05, 3.63) is 12.5 Å². The van der Waals surface area contributed by atoms with Crippen LogP contribution >= 0.6 is 0 Å². The number of nitrogens with zero attached hydrogens (tertiary/aromatic N) is 5. The van der Waals surface area contributed by atoms with Crippen molar-refractivity contribution in [3.63, 3.8) is 0 Å². The van der Waals surface area contributed by atoms with Crippen LogP contribution in [0.3, 0.4) is 0 Å². The number of anilines is 1. The lowest BCUT2D eigenvalue weighted by atomic mass is 10.2. The molecule has 0 aromatic carbocycles. The van der Waals surface area contributed by atoms with Gasteiger partial charge in [0.2, 0.25) is 0 Å². The topological polar surface area (TPSA) is 76.3 Å². The van der Waals surface area contributed by atoms with E-state index in [-0.39, 0.29) is 18.8 Å². The van der Waals surface area contributed by atoms with Crippen LogP contribution in [0.15, 0.2) is 12.5 Å². The molecule has 3 rings (SSSR count). The first kappa shape index (κ1) is 12.3. The number of aromatic nitrogens is 4. The van der Waals surface area contributed by atoms with Gasteiger partial charge in [-0.1, -0.05) is 0 Å². The van der Waals surface area contributed by atoms with Gasteiger partial charge >= 0.3 is 0 Å². The summed E-state index contributed by atoms with van der Waals surface area (Å²) in [5.41, 5.74) is 0.810. The van der Waals surface area contributed by atoms with Crippen LogP contribution < -0.4 is 4.90 Å². The third kappa shape index (κ3) is 2.15. The van der Waals surface area contributed by atoms with Gasteiger partial charge in [-0.15, -0.1) is 0 Å². The number of fused-ring (bicyclic) bond motifs is 1. The summed E-state index contributed by atoms with van der Waals surface area (Å²) in [6.45, 7) is 3.39. The minimum atomic E-state index is -0.176. The van der Waals surface area contributed by atoms with Crippen LogP contribution in [-0.4, -0.2) is 56.8 Å². The van der Waals surface area contributed by atoms with Crippen molar-refractivity contribution in [2.75, 3.05) is 24.6 Å². The van der Waals surface area contributed by atoms with Crippen molar-refractivity contribution in [3.8, 4) is 0 Å². The number of morpholine rings is 1. The molecule has 7 nitrogen and oxygen atoms in total. The largest absolute Gasteiger partial charge is 0.394 e. The Balaban J connectivity index is 1.99. The lowest BCUT2D eigenvalue weighted by molar-refractivity contribution is -0.0422. The molecule has 2 unspecified atom stereocenters. The van der Waals surface area contributed by atoms with Gasteiger partial charge in [-0.2, -0.15) is 5.10 Å². The third-order valence-electron chi connectivity index (χ3n) is 3.34. The molecule has 0 spiro atoms. The van der Waals surface area contributed by atoms with Gasteiger partial charge in [-0.25, -0.2) is 9.97 Å². The van der Waals surface area contributed by atoms with Crippen molar-refractivity contribution in [2.24, 2.45) is 7.05 Å². The predicted molar refractivity (Wildman–Crippen MR) is 69.9 cm³/mol. The van der Waals surface area contributed by atoms with Gasteiger partial charge < -0.3 is 14.7 Å². The average molecular weight is 263 g/mol. The van der Waals surface area contributed by atoms with Gasteiger partial charge in [0.25, 0.3) is 0 Å². The van der Waals surface area contributed by atoms with Crippen LogP contribution in [-0.2, 0) is 11.8 Å². The molecule has 0 amide bonds. The summed E-state index contributed by atoms with van der Waals surface area (Å²) in [6.07, 6.45) is 3.21. The standard InChI is InChI=1S/C12H17N5O2/c1-8-4-17(5-9(6-18)19-8)12-10-3-15-16(2)11(10)13-7-14-12/h3,7-9,18H,4-6H2,1-2H3. The van der Waals surface area contributed by atoms with Gasteiger partial charge in [0.05, 0.1) is 30.4 Å². The van der Waals surface area contributed by atoms with Crippen molar-refractivity contribution >= 4 is 16.9 Å². The van der Waals surface area contributed by atoms with Crippen LogP contribution in [0.4, 0.5) is 5.82 Å². The number of aliphatic hydroxyl groups excluding tert-OH is 1. The first-order valence-corrected chi connectivity index (χ1v) is 6.33. The Bertz CT molecular complexity index is 585. The maximum Gasteiger partial charge on any atom is 0.163 e. The summed E-state index contributed by atoms with van der Waals surface area (Å²) >= 11 is 0. The first-order valence-electron chi connectivity index (χ1n) is 6.33. The lowest BCUT2D eigenvalue weighted by Gasteiger charge is -2.36. The van der Waals surface area contributed by atoms with Gasteiger partial charge in [-0.05, 0) is 6.92 Å². The molecule has 102 valence electrons. The summed E-state index contributed by atoms with van der Waals surface area (Å²) in [4.78, 5) is 10.7. The summed E-state index contributed by atoms with van der Waals surface area (Å²) < 4.78 is 7.38. The molecular weight excluding hydrogens is 246 g/mol. The van der Waals surface area contributed by atoms with Gasteiger partial charge in [0.15, 0.2) is 5.65 Å². The fourth-order valence-electron chi connectivity index (χ4n) is 2.52. The van der Waals surface area contributed by atoms with E-state index in [2.05, 4.69) is 20.0 Å². The Kier molecular flexibility index (Phi) is 3.08. The molecule has 0 bridgehead atoms. The molecule has 2 aromatic heterocycles. The number of aryl methyl sites for hydroxylation is 1. The highest BCUT2D eigenvalue weighted by Gasteiger charge is 2.27. The van der Waals surface area contributed by atoms with Crippen molar-refractivity contribution in [2.45, 2.75) is 19.1 Å². The Morgan fingerprint density at radius 3 is 3.05 bits per heavy atom. The quantitative estimate of drug-likeness (QED) is 0.818.